The minimum atomic E-state index is -3.61. The molecule has 0 saturated carbocycles. The third kappa shape index (κ3) is 3.84. The third-order valence-electron chi connectivity index (χ3n) is 3.05. The second-order valence-electron chi connectivity index (χ2n) is 4.71. The molecule has 0 fully saturated rings. The van der Waals surface area contributed by atoms with Crippen molar-refractivity contribution in [1.82, 2.24) is 5.32 Å². The molecule has 6 heteroatoms. The monoisotopic (exact) mass is 368 g/mol. The van der Waals surface area contributed by atoms with E-state index in [0.717, 1.165) is 15.6 Å². The van der Waals surface area contributed by atoms with Gasteiger partial charge in [-0.25, -0.2) is 8.42 Å². The topological polar surface area (TPSA) is 58.2 Å². The number of hydrogen-bond donors (Lipinski definition) is 2. The Kier molecular flexibility index (Phi) is 5.03. The molecule has 2 N–H and O–H groups in total. The van der Waals surface area contributed by atoms with Gasteiger partial charge in [-0.15, -0.1) is 0 Å². The first-order chi connectivity index (χ1) is 9.94. The van der Waals surface area contributed by atoms with Gasteiger partial charge in [0.15, 0.2) is 0 Å². The molecule has 0 amide bonds. The Morgan fingerprint density at radius 3 is 2.52 bits per heavy atom. The van der Waals surface area contributed by atoms with E-state index in [4.69, 9.17) is 0 Å². The first-order valence-electron chi connectivity index (χ1n) is 6.45. The molecule has 0 atom stereocenters. The Hall–Kier alpha value is -1.37. The van der Waals surface area contributed by atoms with Crippen molar-refractivity contribution in [3.63, 3.8) is 0 Å². The Morgan fingerprint density at radius 2 is 1.86 bits per heavy atom. The maximum atomic E-state index is 12.5. The van der Waals surface area contributed by atoms with E-state index < -0.39 is 10.0 Å². The molecule has 0 heterocycles. The third-order valence-corrected chi connectivity index (χ3v) is 5.39. The van der Waals surface area contributed by atoms with Crippen LogP contribution in [0, 0.1) is 6.92 Å². The summed E-state index contributed by atoms with van der Waals surface area (Å²) in [5, 5.41) is 2.98. The molecule has 21 heavy (non-hydrogen) atoms. The van der Waals surface area contributed by atoms with E-state index in [1.54, 1.807) is 37.4 Å². The SMILES string of the molecule is CNCc1ccccc1S(=O)(=O)Nc1ccc(C)c(Br)c1. The van der Waals surface area contributed by atoms with Crippen molar-refractivity contribution in [2.45, 2.75) is 18.4 Å². The number of halogens is 1. The van der Waals surface area contributed by atoms with Crippen LogP contribution < -0.4 is 10.0 Å². The molecule has 0 saturated heterocycles. The quantitative estimate of drug-likeness (QED) is 0.851. The van der Waals surface area contributed by atoms with E-state index in [1.165, 1.54) is 0 Å². The van der Waals surface area contributed by atoms with E-state index in [0.29, 0.717) is 12.2 Å². The van der Waals surface area contributed by atoms with Gasteiger partial charge in [-0.3, -0.25) is 4.72 Å². The van der Waals surface area contributed by atoms with Gasteiger partial charge in [-0.05, 0) is 43.3 Å². The Bertz CT molecular complexity index is 745. The van der Waals surface area contributed by atoms with Crippen LogP contribution in [-0.4, -0.2) is 15.5 Å². The fraction of sp³-hybridized carbons (Fsp3) is 0.200. The van der Waals surface area contributed by atoms with Crippen molar-refractivity contribution >= 4 is 31.6 Å². The van der Waals surface area contributed by atoms with Gasteiger partial charge in [0.2, 0.25) is 0 Å². The van der Waals surface area contributed by atoms with Crippen molar-refractivity contribution in [3.05, 3.63) is 58.1 Å². The van der Waals surface area contributed by atoms with Gasteiger partial charge in [-0.2, -0.15) is 0 Å². The van der Waals surface area contributed by atoms with Crippen LogP contribution in [0.1, 0.15) is 11.1 Å². The van der Waals surface area contributed by atoms with Gasteiger partial charge in [-0.1, -0.05) is 40.2 Å². The van der Waals surface area contributed by atoms with Crippen LogP contribution in [0.3, 0.4) is 0 Å². The molecule has 2 rings (SSSR count). The molecule has 0 spiro atoms. The fourth-order valence-corrected chi connectivity index (χ4v) is 3.64. The predicted molar refractivity (Wildman–Crippen MR) is 88.9 cm³/mol. The molecule has 0 radical (unpaired) electrons. The summed E-state index contributed by atoms with van der Waals surface area (Å²) in [6, 6.07) is 12.3. The van der Waals surface area contributed by atoms with Crippen LogP contribution in [0.2, 0.25) is 0 Å². The lowest BCUT2D eigenvalue weighted by molar-refractivity contribution is 0.599. The lowest BCUT2D eigenvalue weighted by atomic mass is 10.2. The maximum Gasteiger partial charge on any atom is 0.262 e. The van der Waals surface area contributed by atoms with Crippen LogP contribution in [0.15, 0.2) is 51.8 Å². The number of anilines is 1. The predicted octanol–water partition coefficient (Wildman–Crippen LogP) is 3.28. The molecule has 0 aliphatic heterocycles. The van der Waals surface area contributed by atoms with E-state index in [1.807, 2.05) is 19.1 Å². The molecule has 0 aliphatic rings. The number of aryl methyl sites for hydroxylation is 1. The van der Waals surface area contributed by atoms with E-state index >= 15 is 0 Å². The van der Waals surface area contributed by atoms with Crippen molar-refractivity contribution in [3.8, 4) is 0 Å². The summed E-state index contributed by atoms with van der Waals surface area (Å²) in [5.41, 5.74) is 2.32. The number of nitrogens with one attached hydrogen (secondary N) is 2. The molecular formula is C15H17BrN2O2S. The Morgan fingerprint density at radius 1 is 1.14 bits per heavy atom. The van der Waals surface area contributed by atoms with Crippen molar-refractivity contribution < 1.29 is 8.42 Å². The number of sulfonamides is 1. The maximum absolute atomic E-state index is 12.5. The Labute approximate surface area is 133 Å². The highest BCUT2D eigenvalue weighted by Gasteiger charge is 2.18. The minimum absolute atomic E-state index is 0.288. The van der Waals surface area contributed by atoms with Crippen molar-refractivity contribution in [2.75, 3.05) is 11.8 Å². The first kappa shape index (κ1) is 16.0. The largest absolute Gasteiger partial charge is 0.316 e. The van der Waals surface area contributed by atoms with Crippen LogP contribution in [-0.2, 0) is 16.6 Å². The molecular weight excluding hydrogens is 352 g/mol. The fourth-order valence-electron chi connectivity index (χ4n) is 1.97. The molecule has 0 unspecified atom stereocenters. The summed E-state index contributed by atoms with van der Waals surface area (Å²) in [6.07, 6.45) is 0. The molecule has 0 aromatic heterocycles. The van der Waals surface area contributed by atoms with Gasteiger partial charge >= 0.3 is 0 Å². The molecule has 2 aromatic carbocycles. The first-order valence-corrected chi connectivity index (χ1v) is 8.73. The second kappa shape index (κ2) is 6.60. The van der Waals surface area contributed by atoms with Gasteiger partial charge in [0.25, 0.3) is 10.0 Å². The summed E-state index contributed by atoms with van der Waals surface area (Å²) in [4.78, 5) is 0.288. The Balaban J connectivity index is 2.36. The average molecular weight is 369 g/mol. The summed E-state index contributed by atoms with van der Waals surface area (Å²) < 4.78 is 28.6. The van der Waals surface area contributed by atoms with E-state index in [9.17, 15) is 8.42 Å². The van der Waals surface area contributed by atoms with Crippen molar-refractivity contribution in [2.24, 2.45) is 0 Å². The summed E-state index contributed by atoms with van der Waals surface area (Å²) in [5.74, 6) is 0. The standard InChI is InChI=1S/C15H17BrN2O2S/c1-11-7-8-13(9-14(11)16)18-21(19,20)15-6-4-3-5-12(15)10-17-2/h3-9,17-18H,10H2,1-2H3. The highest BCUT2D eigenvalue weighted by molar-refractivity contribution is 9.10. The van der Waals surface area contributed by atoms with Gasteiger partial charge in [0.05, 0.1) is 4.90 Å². The highest BCUT2D eigenvalue weighted by Crippen LogP contribution is 2.24. The van der Waals surface area contributed by atoms with Crippen LogP contribution >= 0.6 is 15.9 Å². The molecule has 112 valence electrons. The highest BCUT2D eigenvalue weighted by atomic mass is 79.9. The van der Waals surface area contributed by atoms with E-state index in [-0.39, 0.29) is 4.90 Å². The number of hydrogen-bond acceptors (Lipinski definition) is 3. The summed E-state index contributed by atoms with van der Waals surface area (Å²) in [6.45, 7) is 2.44. The van der Waals surface area contributed by atoms with Crippen LogP contribution in [0.4, 0.5) is 5.69 Å². The summed E-state index contributed by atoms with van der Waals surface area (Å²) in [7, 11) is -1.82. The minimum Gasteiger partial charge on any atom is -0.316 e. The lowest BCUT2D eigenvalue weighted by Gasteiger charge is -2.12. The zero-order valence-electron chi connectivity index (χ0n) is 11.9. The van der Waals surface area contributed by atoms with Crippen LogP contribution in [0.5, 0.6) is 0 Å². The average Bonchev–Trinajstić information content (AvgIpc) is 2.43. The van der Waals surface area contributed by atoms with Crippen LogP contribution in [0.25, 0.3) is 0 Å². The zero-order chi connectivity index (χ0) is 15.5. The molecule has 0 bridgehead atoms. The normalized spacial score (nSPS) is 11.4. The zero-order valence-corrected chi connectivity index (χ0v) is 14.3. The van der Waals surface area contributed by atoms with Gasteiger partial charge < -0.3 is 5.32 Å². The van der Waals surface area contributed by atoms with Gasteiger partial charge in [0, 0.05) is 16.7 Å². The smallest absolute Gasteiger partial charge is 0.262 e. The number of rotatable bonds is 5. The summed E-state index contributed by atoms with van der Waals surface area (Å²) >= 11 is 3.40. The van der Waals surface area contributed by atoms with E-state index in [2.05, 4.69) is 26.0 Å². The number of benzene rings is 2. The second-order valence-corrected chi connectivity index (χ2v) is 7.21. The van der Waals surface area contributed by atoms with Gasteiger partial charge in [0.1, 0.15) is 0 Å². The molecule has 0 aliphatic carbocycles. The molecule has 4 nitrogen and oxygen atoms in total. The lowest BCUT2D eigenvalue weighted by Crippen LogP contribution is -2.17. The molecule has 2 aromatic rings. The van der Waals surface area contributed by atoms with Crippen molar-refractivity contribution in [1.29, 1.82) is 0 Å².